The highest BCUT2D eigenvalue weighted by Gasteiger charge is 2.58. The molecule has 0 saturated heterocycles. The third kappa shape index (κ3) is 3.18. The van der Waals surface area contributed by atoms with Gasteiger partial charge in [0.15, 0.2) is 0 Å². The summed E-state index contributed by atoms with van der Waals surface area (Å²) >= 11 is 0. The summed E-state index contributed by atoms with van der Waals surface area (Å²) in [6, 6.07) is 8.14. The first-order valence-corrected chi connectivity index (χ1v) is 11.1. The van der Waals surface area contributed by atoms with Crippen LogP contribution < -0.4 is 10.6 Å². The molecule has 1 aromatic carbocycles. The number of hydrogen-bond acceptors (Lipinski definition) is 6. The minimum absolute atomic E-state index is 0.0560. The van der Waals surface area contributed by atoms with Gasteiger partial charge in [-0.25, -0.2) is 9.97 Å². The van der Waals surface area contributed by atoms with Crippen LogP contribution in [0.5, 0.6) is 0 Å². The third-order valence-corrected chi connectivity index (χ3v) is 7.40. The number of ether oxygens (including phenoxy) is 1. The molecule has 1 saturated carbocycles. The summed E-state index contributed by atoms with van der Waals surface area (Å²) in [5.41, 5.74) is 10.2. The van der Waals surface area contributed by atoms with E-state index in [2.05, 4.69) is 42.0 Å². The van der Waals surface area contributed by atoms with E-state index < -0.39 is 0 Å². The molecule has 1 fully saturated rings. The van der Waals surface area contributed by atoms with Crippen LogP contribution in [0.15, 0.2) is 36.7 Å². The summed E-state index contributed by atoms with van der Waals surface area (Å²) in [5.74, 6) is 0.0426. The zero-order valence-corrected chi connectivity index (χ0v) is 18.7. The first-order valence-electron chi connectivity index (χ1n) is 11.1. The predicted molar refractivity (Wildman–Crippen MR) is 122 cm³/mol. The number of esters is 1. The number of hydrogen-bond donors (Lipinski definition) is 1. The van der Waals surface area contributed by atoms with E-state index in [4.69, 9.17) is 10.5 Å². The van der Waals surface area contributed by atoms with E-state index in [0.717, 1.165) is 36.9 Å². The van der Waals surface area contributed by atoms with E-state index in [1.807, 2.05) is 12.1 Å². The monoisotopic (exact) mass is 432 g/mol. The molecule has 0 bridgehead atoms. The van der Waals surface area contributed by atoms with Crippen LogP contribution in [0.1, 0.15) is 61.1 Å². The molecule has 1 spiro atoms. The Balaban J connectivity index is 1.36. The molecule has 32 heavy (non-hydrogen) atoms. The molecule has 166 valence electrons. The number of nitrogens with zero attached hydrogens (tertiary/aromatic N) is 3. The van der Waals surface area contributed by atoms with Gasteiger partial charge in [-0.1, -0.05) is 32.1 Å². The number of fused-ring (bicyclic) bond motifs is 1. The minimum atomic E-state index is -0.334. The van der Waals surface area contributed by atoms with E-state index in [1.165, 1.54) is 19.0 Å². The van der Waals surface area contributed by atoms with Gasteiger partial charge in [0.1, 0.15) is 17.7 Å². The maximum Gasteiger partial charge on any atom is 0.309 e. The van der Waals surface area contributed by atoms with Crippen molar-refractivity contribution in [3.8, 4) is 0 Å². The molecule has 1 aliphatic heterocycles. The number of nitrogen functional groups attached to an aromatic ring is 1. The van der Waals surface area contributed by atoms with Crippen molar-refractivity contribution in [3.63, 3.8) is 0 Å². The Morgan fingerprint density at radius 1 is 1.22 bits per heavy atom. The van der Waals surface area contributed by atoms with Crippen molar-refractivity contribution < 1.29 is 14.3 Å². The zero-order valence-electron chi connectivity index (χ0n) is 18.7. The van der Waals surface area contributed by atoms with Gasteiger partial charge in [0.05, 0.1) is 18.7 Å². The van der Waals surface area contributed by atoms with Gasteiger partial charge >= 0.3 is 5.97 Å². The Kier molecular flexibility index (Phi) is 4.62. The fourth-order valence-corrected chi connectivity index (χ4v) is 5.37. The molecule has 2 unspecified atom stereocenters. The van der Waals surface area contributed by atoms with Crippen molar-refractivity contribution in [2.24, 2.45) is 11.3 Å². The minimum Gasteiger partial charge on any atom is -0.469 e. The van der Waals surface area contributed by atoms with Gasteiger partial charge in [0, 0.05) is 17.6 Å². The number of amides is 1. The summed E-state index contributed by atoms with van der Waals surface area (Å²) in [7, 11) is 1.47. The maximum absolute atomic E-state index is 13.2. The topological polar surface area (TPSA) is 98.4 Å². The van der Waals surface area contributed by atoms with Crippen LogP contribution in [0.2, 0.25) is 0 Å². The van der Waals surface area contributed by atoms with Crippen LogP contribution in [-0.2, 0) is 14.9 Å². The molecule has 2 atom stereocenters. The lowest BCUT2D eigenvalue weighted by molar-refractivity contribution is -0.143. The molecule has 1 amide bonds. The number of nitrogens with two attached hydrogens (primary N) is 1. The average Bonchev–Trinajstić information content (AvgIpc) is 3.49. The predicted octanol–water partition coefficient (Wildman–Crippen LogP) is 3.74. The van der Waals surface area contributed by atoms with Gasteiger partial charge in [0.2, 0.25) is 0 Å². The van der Waals surface area contributed by atoms with Gasteiger partial charge in [-0.05, 0) is 54.4 Å². The fraction of sp³-hybridized carbons (Fsp3) is 0.440. The van der Waals surface area contributed by atoms with Gasteiger partial charge in [-0.2, -0.15) is 0 Å². The quantitative estimate of drug-likeness (QED) is 0.742. The van der Waals surface area contributed by atoms with Crippen molar-refractivity contribution >= 4 is 29.0 Å². The normalized spacial score (nSPS) is 25.8. The van der Waals surface area contributed by atoms with Gasteiger partial charge in [-0.3, -0.25) is 9.59 Å². The Morgan fingerprint density at radius 3 is 2.62 bits per heavy atom. The second kappa shape index (κ2) is 7.15. The molecule has 0 radical (unpaired) electrons. The Bertz CT molecular complexity index is 1140. The number of benzene rings is 1. The second-order valence-corrected chi connectivity index (χ2v) is 9.88. The van der Waals surface area contributed by atoms with Crippen LogP contribution in [0.4, 0.5) is 11.5 Å². The lowest BCUT2D eigenvalue weighted by atomic mass is 9.81. The Hall–Kier alpha value is -3.22. The van der Waals surface area contributed by atoms with Crippen molar-refractivity contribution in [2.75, 3.05) is 24.3 Å². The van der Waals surface area contributed by atoms with Crippen molar-refractivity contribution in [1.29, 1.82) is 0 Å². The highest BCUT2D eigenvalue weighted by molar-refractivity contribution is 6.11. The smallest absolute Gasteiger partial charge is 0.309 e. The van der Waals surface area contributed by atoms with Crippen LogP contribution in [0.25, 0.3) is 5.57 Å². The van der Waals surface area contributed by atoms with E-state index >= 15 is 0 Å². The number of carbonyl (C=O) groups excluding carboxylic acids is 2. The van der Waals surface area contributed by atoms with E-state index in [1.54, 1.807) is 4.90 Å². The second-order valence-electron chi connectivity index (χ2n) is 9.88. The Labute approximate surface area is 187 Å². The summed E-state index contributed by atoms with van der Waals surface area (Å²) in [6.07, 6.45) is 7.50. The maximum atomic E-state index is 13.2. The number of allylic oxidation sites excluding steroid dienone is 2. The number of carbonyl (C=O) groups is 2. The van der Waals surface area contributed by atoms with Crippen LogP contribution >= 0.6 is 0 Å². The molecule has 2 N–H and O–H groups in total. The molecule has 3 aliphatic rings. The van der Waals surface area contributed by atoms with E-state index in [0.29, 0.717) is 17.8 Å². The highest BCUT2D eigenvalue weighted by atomic mass is 16.5. The fourth-order valence-electron chi connectivity index (χ4n) is 5.37. The summed E-state index contributed by atoms with van der Waals surface area (Å²) < 4.78 is 4.93. The largest absolute Gasteiger partial charge is 0.469 e. The highest BCUT2D eigenvalue weighted by Crippen LogP contribution is 2.61. The molecular weight excluding hydrogens is 404 g/mol. The first-order chi connectivity index (χ1) is 15.3. The first kappa shape index (κ1) is 20.7. The number of rotatable bonds is 3. The number of aromatic nitrogens is 2. The van der Waals surface area contributed by atoms with Crippen molar-refractivity contribution in [1.82, 2.24) is 9.97 Å². The Morgan fingerprint density at radius 2 is 1.97 bits per heavy atom. The molecule has 5 rings (SSSR count). The van der Waals surface area contributed by atoms with Gasteiger partial charge < -0.3 is 15.4 Å². The summed E-state index contributed by atoms with van der Waals surface area (Å²) in [4.78, 5) is 35.2. The zero-order chi connectivity index (χ0) is 22.7. The molecule has 2 aliphatic carbocycles. The van der Waals surface area contributed by atoms with Crippen LogP contribution in [-0.4, -0.2) is 35.5 Å². The van der Waals surface area contributed by atoms with Crippen molar-refractivity contribution in [3.05, 3.63) is 53.5 Å². The SMILES string of the molecule is COC(=O)C1CC12CC=C(c1ccc(N3CC(C)(C)c4ncnc(N)c4C3=O)cc1)CC2. The number of anilines is 2. The third-order valence-electron chi connectivity index (χ3n) is 7.40. The van der Waals surface area contributed by atoms with Crippen LogP contribution in [0, 0.1) is 11.3 Å². The molecule has 7 heteroatoms. The molecular formula is C25H28N4O3. The lowest BCUT2D eigenvalue weighted by Gasteiger charge is -2.38. The van der Waals surface area contributed by atoms with E-state index in [-0.39, 0.29) is 34.4 Å². The van der Waals surface area contributed by atoms with Gasteiger partial charge in [0.25, 0.3) is 5.91 Å². The van der Waals surface area contributed by atoms with Gasteiger partial charge in [-0.15, -0.1) is 0 Å². The average molecular weight is 433 g/mol. The molecule has 2 heterocycles. The van der Waals surface area contributed by atoms with Crippen LogP contribution in [0.3, 0.4) is 0 Å². The number of methoxy groups -OCH3 is 1. The van der Waals surface area contributed by atoms with E-state index in [9.17, 15) is 9.59 Å². The summed E-state index contributed by atoms with van der Waals surface area (Å²) in [6.45, 7) is 4.65. The molecule has 7 nitrogen and oxygen atoms in total. The summed E-state index contributed by atoms with van der Waals surface area (Å²) in [5, 5.41) is 0. The lowest BCUT2D eigenvalue weighted by Crippen LogP contribution is -2.48. The van der Waals surface area contributed by atoms with Crippen molar-refractivity contribution in [2.45, 2.75) is 44.9 Å². The standard InChI is InChI=1S/C25H28N4O3/c1-24(2)13-29(22(30)19-20(24)27-14-28-21(19)26)17-6-4-15(5-7-17)16-8-10-25(11-9-16)12-18(25)23(31)32-3/h4-8,14,18H,9-13H2,1-3H3,(H2,26,27,28). The molecule has 2 aromatic rings. The molecule has 1 aromatic heterocycles.